The molecule has 0 bridgehead atoms. The van der Waals surface area contributed by atoms with E-state index in [1.807, 2.05) is 20.8 Å². The largest absolute Gasteiger partial charge is 1.00 e. The monoisotopic (exact) mass is 169 g/mol. The number of hydrogen-bond donors (Lipinski definition) is 0. The van der Waals surface area contributed by atoms with Crippen LogP contribution in [0.15, 0.2) is 0 Å². The van der Waals surface area contributed by atoms with E-state index in [4.69, 9.17) is 0 Å². The van der Waals surface area contributed by atoms with Gasteiger partial charge < -0.3 is 10.0 Å². The van der Waals surface area contributed by atoms with E-state index in [-0.39, 0.29) is 40.8 Å². The third-order valence-corrected chi connectivity index (χ3v) is 1.43. The molecule has 0 unspecified atom stereocenters. The molecular formula is C6H12NNaOS. The van der Waals surface area contributed by atoms with Gasteiger partial charge in [-0.1, -0.05) is 12.2 Å². The number of rotatable bonds is 2. The van der Waals surface area contributed by atoms with Gasteiger partial charge >= 0.3 is 29.6 Å². The van der Waals surface area contributed by atoms with Gasteiger partial charge in [0, 0.05) is 17.8 Å². The van der Waals surface area contributed by atoms with E-state index >= 15 is 0 Å². The van der Waals surface area contributed by atoms with Gasteiger partial charge in [0.25, 0.3) is 0 Å². The molecule has 10 heavy (non-hydrogen) atoms. The van der Waals surface area contributed by atoms with E-state index in [1.165, 1.54) is 0 Å². The fraction of sp³-hybridized carbons (Fsp3) is 0.833. The fourth-order valence-electron chi connectivity index (χ4n) is 0.705. The Morgan fingerprint density at radius 3 is 2.00 bits per heavy atom. The van der Waals surface area contributed by atoms with Crippen molar-refractivity contribution in [3.63, 3.8) is 0 Å². The molecule has 0 aromatic rings. The summed E-state index contributed by atoms with van der Waals surface area (Å²) in [5.74, 6) is 0. The molecule has 0 aliphatic heterocycles. The minimum absolute atomic E-state index is 0. The van der Waals surface area contributed by atoms with Crippen LogP contribution in [0.25, 0.3) is 0 Å². The van der Waals surface area contributed by atoms with Crippen LogP contribution < -0.4 is 34.7 Å². The van der Waals surface area contributed by atoms with Gasteiger partial charge in [-0.15, -0.1) is 0 Å². The molecule has 2 nitrogen and oxygen atoms in total. The van der Waals surface area contributed by atoms with Crippen LogP contribution in [0.2, 0.25) is 0 Å². The minimum Gasteiger partial charge on any atom is -0.852 e. The third-order valence-electron chi connectivity index (χ3n) is 1.20. The van der Waals surface area contributed by atoms with Crippen molar-refractivity contribution < 1.29 is 34.7 Å². The van der Waals surface area contributed by atoms with Crippen LogP contribution in [0.5, 0.6) is 0 Å². The predicted molar refractivity (Wildman–Crippen MR) is 40.1 cm³/mol. The second-order valence-electron chi connectivity index (χ2n) is 2.15. The standard InChI is InChI=1S/C6H13NOS.Na/c1-4-7(5(2)3)6(8)9;/h5H,4H2,1-3H3,(H,8,9);/q;+1/p-1. The average molecular weight is 169 g/mol. The summed E-state index contributed by atoms with van der Waals surface area (Å²) in [6, 6.07) is 0.236. The van der Waals surface area contributed by atoms with Gasteiger partial charge in [0.05, 0.1) is 0 Å². The number of thiocarbonyl (C=S) groups is 1. The van der Waals surface area contributed by atoms with Crippen LogP contribution in [0.1, 0.15) is 20.8 Å². The third kappa shape index (κ3) is 4.50. The van der Waals surface area contributed by atoms with Crippen LogP contribution in [-0.2, 0) is 0 Å². The summed E-state index contributed by atoms with van der Waals surface area (Å²) in [4.78, 5) is 1.63. The van der Waals surface area contributed by atoms with E-state index in [0.717, 1.165) is 0 Å². The summed E-state index contributed by atoms with van der Waals surface area (Å²) >= 11 is 4.46. The van der Waals surface area contributed by atoms with E-state index in [9.17, 15) is 5.11 Å². The number of nitrogens with zero attached hydrogens (tertiary/aromatic N) is 1. The van der Waals surface area contributed by atoms with E-state index in [0.29, 0.717) is 6.54 Å². The van der Waals surface area contributed by atoms with Gasteiger partial charge in [0.15, 0.2) is 0 Å². The van der Waals surface area contributed by atoms with Crippen LogP contribution >= 0.6 is 12.2 Å². The van der Waals surface area contributed by atoms with Crippen molar-refractivity contribution in [2.45, 2.75) is 26.8 Å². The first-order valence-electron chi connectivity index (χ1n) is 3.07. The maximum absolute atomic E-state index is 10.6. The maximum atomic E-state index is 10.6. The predicted octanol–water partition coefficient (Wildman–Crippen LogP) is -2.63. The molecule has 0 rings (SSSR count). The van der Waals surface area contributed by atoms with Gasteiger partial charge in [0.2, 0.25) is 0 Å². The van der Waals surface area contributed by atoms with Gasteiger partial charge in [-0.25, -0.2) is 0 Å². The Morgan fingerprint density at radius 1 is 1.60 bits per heavy atom. The second-order valence-corrected chi connectivity index (χ2v) is 2.49. The molecular weight excluding hydrogens is 157 g/mol. The molecule has 0 N–H and O–H groups in total. The first-order chi connectivity index (χ1) is 4.09. The zero-order valence-corrected chi connectivity index (χ0v) is 9.86. The number of hydrogen-bond acceptors (Lipinski definition) is 2. The Balaban J connectivity index is 0. The molecule has 0 aliphatic rings. The Morgan fingerprint density at radius 2 is 2.00 bits per heavy atom. The average Bonchev–Trinajstić information content (AvgIpc) is 1.64. The van der Waals surface area contributed by atoms with Crippen LogP contribution in [0.3, 0.4) is 0 Å². The Bertz CT molecular complexity index is 108. The van der Waals surface area contributed by atoms with Crippen molar-refractivity contribution in [2.75, 3.05) is 6.54 Å². The zero-order valence-electron chi connectivity index (χ0n) is 7.05. The summed E-state index contributed by atoms with van der Waals surface area (Å²) in [6.07, 6.45) is 0. The summed E-state index contributed by atoms with van der Waals surface area (Å²) in [6.45, 7) is 6.53. The minimum atomic E-state index is -0.257. The molecule has 0 radical (unpaired) electrons. The molecule has 54 valence electrons. The quantitative estimate of drug-likeness (QED) is 0.334. The summed E-state index contributed by atoms with van der Waals surface area (Å²) in [5, 5.41) is 10.3. The van der Waals surface area contributed by atoms with E-state index < -0.39 is 0 Å². The van der Waals surface area contributed by atoms with Crippen molar-refractivity contribution in [3.8, 4) is 0 Å². The SMILES string of the molecule is CCN(C([O-])=S)C(C)C.[Na+]. The van der Waals surface area contributed by atoms with E-state index in [2.05, 4.69) is 12.2 Å². The molecule has 0 aromatic carbocycles. The summed E-state index contributed by atoms with van der Waals surface area (Å²) in [5.41, 5.74) is 0. The van der Waals surface area contributed by atoms with Crippen LogP contribution in [0.4, 0.5) is 0 Å². The topological polar surface area (TPSA) is 26.3 Å². The Labute approximate surface area is 89.9 Å². The molecule has 0 aliphatic carbocycles. The van der Waals surface area contributed by atoms with Gasteiger partial charge in [0.1, 0.15) is 0 Å². The summed E-state index contributed by atoms with van der Waals surface area (Å²) in [7, 11) is 0. The van der Waals surface area contributed by atoms with Crippen molar-refractivity contribution >= 4 is 17.4 Å². The van der Waals surface area contributed by atoms with Crippen LogP contribution in [0, 0.1) is 0 Å². The Hall–Kier alpha value is 0.690. The van der Waals surface area contributed by atoms with Crippen molar-refractivity contribution in [2.24, 2.45) is 0 Å². The first kappa shape index (κ1) is 13.3. The molecule has 0 amide bonds. The molecule has 0 spiro atoms. The van der Waals surface area contributed by atoms with Crippen molar-refractivity contribution in [1.29, 1.82) is 0 Å². The second kappa shape index (κ2) is 6.40. The van der Waals surface area contributed by atoms with Gasteiger partial charge in [-0.05, 0) is 20.8 Å². The normalized spacial score (nSPS) is 8.80. The summed E-state index contributed by atoms with van der Waals surface area (Å²) < 4.78 is 0. The molecule has 0 heterocycles. The van der Waals surface area contributed by atoms with Crippen molar-refractivity contribution in [1.82, 2.24) is 4.90 Å². The zero-order chi connectivity index (χ0) is 7.44. The molecule has 0 saturated heterocycles. The fourth-order valence-corrected chi connectivity index (χ4v) is 1.04. The Kier molecular flexibility index (Phi) is 8.51. The molecule has 0 saturated carbocycles. The molecule has 4 heteroatoms. The molecule has 0 fully saturated rings. The van der Waals surface area contributed by atoms with Crippen molar-refractivity contribution in [3.05, 3.63) is 0 Å². The van der Waals surface area contributed by atoms with Crippen LogP contribution in [-0.4, -0.2) is 22.7 Å². The van der Waals surface area contributed by atoms with Gasteiger partial charge in [-0.2, -0.15) is 0 Å². The van der Waals surface area contributed by atoms with Gasteiger partial charge in [-0.3, -0.25) is 0 Å². The molecule has 0 aromatic heterocycles. The maximum Gasteiger partial charge on any atom is 1.00 e. The molecule has 0 atom stereocenters. The first-order valence-corrected chi connectivity index (χ1v) is 3.48. The smallest absolute Gasteiger partial charge is 0.852 e. The van der Waals surface area contributed by atoms with E-state index in [1.54, 1.807) is 4.90 Å².